The molecule has 0 spiro atoms. The number of hydrogen-bond acceptors (Lipinski definition) is 5. The minimum atomic E-state index is -0.0278. The van der Waals surface area contributed by atoms with Gasteiger partial charge in [-0.05, 0) is 48.0 Å². The molecule has 0 fully saturated rings. The van der Waals surface area contributed by atoms with Crippen molar-refractivity contribution < 1.29 is 4.79 Å². The highest BCUT2D eigenvalue weighted by atomic mass is 35.5. The van der Waals surface area contributed by atoms with Crippen molar-refractivity contribution in [2.75, 3.05) is 5.75 Å². The summed E-state index contributed by atoms with van der Waals surface area (Å²) in [6, 6.07) is 7.35. The van der Waals surface area contributed by atoms with E-state index >= 15 is 0 Å². The van der Waals surface area contributed by atoms with Gasteiger partial charge >= 0.3 is 0 Å². The van der Waals surface area contributed by atoms with Crippen LogP contribution in [0.5, 0.6) is 0 Å². The summed E-state index contributed by atoms with van der Waals surface area (Å²) in [7, 11) is 0. The second-order valence-corrected chi connectivity index (χ2v) is 5.89. The van der Waals surface area contributed by atoms with Crippen LogP contribution in [0.4, 0.5) is 0 Å². The Labute approximate surface area is 132 Å². The summed E-state index contributed by atoms with van der Waals surface area (Å²) in [5.41, 5.74) is 0.800. The number of rotatable bonds is 6. The molecule has 0 aliphatic rings. The lowest BCUT2D eigenvalue weighted by atomic mass is 10.3. The molecule has 2 rings (SSSR count). The highest BCUT2D eigenvalue weighted by Crippen LogP contribution is 2.19. The lowest BCUT2D eigenvalue weighted by Crippen LogP contribution is -2.33. The van der Waals surface area contributed by atoms with Gasteiger partial charge in [-0.15, -0.1) is 5.10 Å². The number of carbonyl (C=O) groups excluding carboxylic acids is 1. The lowest BCUT2D eigenvalue weighted by molar-refractivity contribution is -0.119. The molecule has 0 saturated heterocycles. The number of halogens is 1. The molecule has 2 aromatic rings. The van der Waals surface area contributed by atoms with Crippen LogP contribution in [0.25, 0.3) is 5.69 Å². The Morgan fingerprint density at radius 1 is 1.43 bits per heavy atom. The first kappa shape index (κ1) is 15.8. The molecule has 1 aromatic heterocycles. The predicted octanol–water partition coefficient (Wildman–Crippen LogP) is 2.32. The SMILES string of the molecule is CC[C@@H](C)NC(=O)CSc1nnnn1-c1ccc(Cl)cc1. The van der Waals surface area contributed by atoms with Crippen LogP contribution < -0.4 is 5.32 Å². The summed E-state index contributed by atoms with van der Waals surface area (Å²) in [5, 5.41) is 15.6. The number of thioether (sulfide) groups is 1. The Morgan fingerprint density at radius 3 is 2.81 bits per heavy atom. The molecule has 0 saturated carbocycles. The first-order valence-corrected chi connectivity index (χ1v) is 7.93. The Hall–Kier alpha value is -1.60. The molecule has 112 valence electrons. The van der Waals surface area contributed by atoms with Gasteiger partial charge in [-0.2, -0.15) is 4.68 Å². The summed E-state index contributed by atoms with van der Waals surface area (Å²) in [5.74, 6) is 0.248. The van der Waals surface area contributed by atoms with Crippen LogP contribution in [-0.4, -0.2) is 37.9 Å². The Morgan fingerprint density at radius 2 is 2.14 bits per heavy atom. The second-order valence-electron chi connectivity index (χ2n) is 4.52. The fourth-order valence-electron chi connectivity index (χ4n) is 1.56. The topological polar surface area (TPSA) is 72.7 Å². The van der Waals surface area contributed by atoms with Gasteiger partial charge in [0, 0.05) is 11.1 Å². The van der Waals surface area contributed by atoms with Crippen molar-refractivity contribution in [1.82, 2.24) is 25.5 Å². The Balaban J connectivity index is 2.01. The summed E-state index contributed by atoms with van der Waals surface area (Å²) < 4.78 is 1.58. The van der Waals surface area contributed by atoms with E-state index in [-0.39, 0.29) is 17.7 Å². The first-order chi connectivity index (χ1) is 10.1. The molecular weight excluding hydrogens is 310 g/mol. The Bertz CT molecular complexity index is 601. The normalized spacial score (nSPS) is 12.1. The van der Waals surface area contributed by atoms with Crippen LogP contribution in [0.2, 0.25) is 5.02 Å². The number of amides is 1. The van der Waals surface area contributed by atoms with Crippen LogP contribution in [0, 0.1) is 0 Å². The van der Waals surface area contributed by atoms with Crippen molar-refractivity contribution in [1.29, 1.82) is 0 Å². The molecule has 1 aromatic carbocycles. The third-order valence-corrected chi connectivity index (χ3v) is 4.04. The van der Waals surface area contributed by atoms with E-state index in [0.717, 1.165) is 12.1 Å². The molecule has 0 aliphatic carbocycles. The van der Waals surface area contributed by atoms with Gasteiger partial charge in [0.15, 0.2) is 0 Å². The van der Waals surface area contributed by atoms with Crippen LogP contribution in [0.15, 0.2) is 29.4 Å². The number of tetrazole rings is 1. The molecule has 0 unspecified atom stereocenters. The average Bonchev–Trinajstić information content (AvgIpc) is 2.94. The summed E-state index contributed by atoms with van der Waals surface area (Å²) in [6.45, 7) is 4.00. The van der Waals surface area contributed by atoms with Gasteiger partial charge in [-0.25, -0.2) is 0 Å². The zero-order valence-corrected chi connectivity index (χ0v) is 13.4. The highest BCUT2D eigenvalue weighted by molar-refractivity contribution is 7.99. The number of benzene rings is 1. The molecule has 1 atom stereocenters. The van der Waals surface area contributed by atoms with Crippen molar-refractivity contribution >= 4 is 29.3 Å². The van der Waals surface area contributed by atoms with Crippen molar-refractivity contribution in [2.24, 2.45) is 0 Å². The van der Waals surface area contributed by atoms with E-state index in [4.69, 9.17) is 11.6 Å². The van der Waals surface area contributed by atoms with Gasteiger partial charge in [0.25, 0.3) is 0 Å². The van der Waals surface area contributed by atoms with Crippen LogP contribution in [0.3, 0.4) is 0 Å². The number of carbonyl (C=O) groups is 1. The number of hydrogen-bond donors (Lipinski definition) is 1. The van der Waals surface area contributed by atoms with Crippen LogP contribution in [0.1, 0.15) is 20.3 Å². The van der Waals surface area contributed by atoms with E-state index in [1.165, 1.54) is 11.8 Å². The largest absolute Gasteiger partial charge is 0.353 e. The van der Waals surface area contributed by atoms with Crippen LogP contribution >= 0.6 is 23.4 Å². The maximum absolute atomic E-state index is 11.8. The molecule has 1 N–H and O–H groups in total. The van der Waals surface area contributed by atoms with Gasteiger partial charge in [-0.1, -0.05) is 30.3 Å². The highest BCUT2D eigenvalue weighted by Gasteiger charge is 2.12. The van der Waals surface area contributed by atoms with E-state index in [1.807, 2.05) is 26.0 Å². The van der Waals surface area contributed by atoms with Gasteiger partial charge < -0.3 is 5.32 Å². The van der Waals surface area contributed by atoms with Crippen molar-refractivity contribution in [3.8, 4) is 5.69 Å². The Kier molecular flexibility index (Phi) is 5.58. The summed E-state index contributed by atoms with van der Waals surface area (Å²) >= 11 is 7.15. The third kappa shape index (κ3) is 4.44. The average molecular weight is 326 g/mol. The van der Waals surface area contributed by atoms with Crippen molar-refractivity contribution in [3.63, 3.8) is 0 Å². The zero-order chi connectivity index (χ0) is 15.2. The minimum Gasteiger partial charge on any atom is -0.353 e. The van der Waals surface area contributed by atoms with Gasteiger partial charge in [0.1, 0.15) is 0 Å². The molecule has 8 heteroatoms. The van der Waals surface area contributed by atoms with E-state index < -0.39 is 0 Å². The number of nitrogens with one attached hydrogen (secondary N) is 1. The number of nitrogens with zero attached hydrogens (tertiary/aromatic N) is 4. The van der Waals surface area contributed by atoms with Crippen molar-refractivity contribution in [3.05, 3.63) is 29.3 Å². The van der Waals surface area contributed by atoms with Gasteiger partial charge in [-0.3, -0.25) is 4.79 Å². The monoisotopic (exact) mass is 325 g/mol. The smallest absolute Gasteiger partial charge is 0.230 e. The zero-order valence-electron chi connectivity index (χ0n) is 11.8. The summed E-state index contributed by atoms with van der Waals surface area (Å²) in [6.07, 6.45) is 0.902. The van der Waals surface area contributed by atoms with Gasteiger partial charge in [0.05, 0.1) is 11.4 Å². The van der Waals surface area contributed by atoms with Crippen LogP contribution in [-0.2, 0) is 4.79 Å². The third-order valence-electron chi connectivity index (χ3n) is 2.86. The maximum Gasteiger partial charge on any atom is 0.230 e. The quantitative estimate of drug-likeness (QED) is 0.825. The molecule has 0 bridgehead atoms. The predicted molar refractivity (Wildman–Crippen MR) is 82.8 cm³/mol. The fraction of sp³-hybridized carbons (Fsp3) is 0.385. The first-order valence-electron chi connectivity index (χ1n) is 6.56. The van der Waals surface area contributed by atoms with E-state index in [9.17, 15) is 4.79 Å². The molecular formula is C13H16ClN5OS. The van der Waals surface area contributed by atoms with E-state index in [1.54, 1.807) is 16.8 Å². The lowest BCUT2D eigenvalue weighted by Gasteiger charge is -2.10. The molecule has 0 aliphatic heterocycles. The van der Waals surface area contributed by atoms with E-state index in [2.05, 4.69) is 20.8 Å². The molecule has 1 amide bonds. The minimum absolute atomic E-state index is 0.0278. The maximum atomic E-state index is 11.8. The number of aromatic nitrogens is 4. The molecule has 1 heterocycles. The standard InChI is InChI=1S/C13H16ClN5OS/c1-3-9(2)15-12(20)8-21-13-16-17-18-19(13)11-6-4-10(14)5-7-11/h4-7,9H,3,8H2,1-2H3,(H,15,20)/t9-/m1/s1. The van der Waals surface area contributed by atoms with Gasteiger partial charge in [0.2, 0.25) is 11.1 Å². The van der Waals surface area contributed by atoms with Crippen molar-refractivity contribution in [2.45, 2.75) is 31.5 Å². The molecule has 6 nitrogen and oxygen atoms in total. The summed E-state index contributed by atoms with van der Waals surface area (Å²) in [4.78, 5) is 11.8. The molecule has 21 heavy (non-hydrogen) atoms. The van der Waals surface area contributed by atoms with E-state index in [0.29, 0.717) is 10.2 Å². The fourth-order valence-corrected chi connectivity index (χ4v) is 2.39. The molecule has 0 radical (unpaired) electrons. The second kappa shape index (κ2) is 7.42.